The van der Waals surface area contributed by atoms with E-state index >= 15 is 0 Å². The SMILES string of the molecule is Cc1cc(C)cc(C(=O)N2CCC[C@@H](C(=O)N[C@@H](C)c3nc(C)no3)C2)c1. The van der Waals surface area contributed by atoms with Crippen molar-refractivity contribution in [2.24, 2.45) is 5.92 Å². The van der Waals surface area contributed by atoms with Crippen LogP contribution >= 0.6 is 0 Å². The topological polar surface area (TPSA) is 88.3 Å². The van der Waals surface area contributed by atoms with Crippen molar-refractivity contribution < 1.29 is 14.1 Å². The van der Waals surface area contributed by atoms with Gasteiger partial charge in [-0.2, -0.15) is 4.98 Å². The average molecular weight is 370 g/mol. The molecule has 3 rings (SSSR count). The zero-order valence-corrected chi connectivity index (χ0v) is 16.3. The fraction of sp³-hybridized carbons (Fsp3) is 0.500. The number of carbonyl (C=O) groups is 2. The highest BCUT2D eigenvalue weighted by atomic mass is 16.5. The van der Waals surface area contributed by atoms with Crippen LogP contribution in [0, 0.1) is 26.7 Å². The number of piperidine rings is 1. The molecule has 27 heavy (non-hydrogen) atoms. The van der Waals surface area contributed by atoms with Crippen LogP contribution < -0.4 is 5.32 Å². The van der Waals surface area contributed by atoms with E-state index in [2.05, 4.69) is 15.5 Å². The number of hydrogen-bond donors (Lipinski definition) is 1. The summed E-state index contributed by atoms with van der Waals surface area (Å²) in [4.78, 5) is 31.5. The Balaban J connectivity index is 1.64. The maximum absolute atomic E-state index is 12.9. The number of benzene rings is 1. The van der Waals surface area contributed by atoms with Gasteiger partial charge in [0.05, 0.1) is 5.92 Å². The Hall–Kier alpha value is -2.70. The summed E-state index contributed by atoms with van der Waals surface area (Å²) in [5.41, 5.74) is 2.81. The highest BCUT2D eigenvalue weighted by molar-refractivity contribution is 5.95. The van der Waals surface area contributed by atoms with E-state index in [1.165, 1.54) is 0 Å². The molecule has 7 heteroatoms. The molecule has 2 heterocycles. The Morgan fingerprint density at radius 1 is 1.22 bits per heavy atom. The summed E-state index contributed by atoms with van der Waals surface area (Å²) in [7, 11) is 0. The third kappa shape index (κ3) is 4.53. The van der Waals surface area contributed by atoms with E-state index in [9.17, 15) is 9.59 Å². The van der Waals surface area contributed by atoms with Crippen LogP contribution in [0.5, 0.6) is 0 Å². The standard InChI is InChI=1S/C20H26N4O3/c1-12-8-13(2)10-17(9-12)20(26)24-7-5-6-16(11-24)18(25)21-14(3)19-22-15(4)23-27-19/h8-10,14,16H,5-7,11H2,1-4H3,(H,21,25)/t14-,16+/m0/s1. The summed E-state index contributed by atoms with van der Waals surface area (Å²) >= 11 is 0. The fourth-order valence-corrected chi connectivity index (χ4v) is 3.54. The molecule has 1 aliphatic heterocycles. The molecular weight excluding hydrogens is 344 g/mol. The Morgan fingerprint density at radius 2 is 1.93 bits per heavy atom. The van der Waals surface area contributed by atoms with E-state index in [1.807, 2.05) is 39.0 Å². The van der Waals surface area contributed by atoms with E-state index in [0.29, 0.717) is 30.4 Å². The number of nitrogens with zero attached hydrogens (tertiary/aromatic N) is 3. The molecule has 0 bridgehead atoms. The Morgan fingerprint density at radius 3 is 2.56 bits per heavy atom. The molecule has 1 N–H and O–H groups in total. The van der Waals surface area contributed by atoms with E-state index in [0.717, 1.165) is 24.0 Å². The van der Waals surface area contributed by atoms with Crippen LogP contribution in [0.25, 0.3) is 0 Å². The lowest BCUT2D eigenvalue weighted by Gasteiger charge is -2.32. The number of nitrogens with one attached hydrogen (secondary N) is 1. The molecule has 1 aromatic carbocycles. The van der Waals surface area contributed by atoms with Crippen LogP contribution in [-0.2, 0) is 4.79 Å². The number of hydrogen-bond acceptors (Lipinski definition) is 5. The van der Waals surface area contributed by atoms with Gasteiger partial charge in [-0.05, 0) is 52.7 Å². The predicted octanol–water partition coefficient (Wildman–Crippen LogP) is 2.72. The molecule has 0 saturated carbocycles. The summed E-state index contributed by atoms with van der Waals surface area (Å²) in [6.07, 6.45) is 1.57. The van der Waals surface area contributed by atoms with E-state index < -0.39 is 0 Å². The number of likely N-dealkylation sites (tertiary alicyclic amines) is 1. The van der Waals surface area contributed by atoms with Crippen molar-refractivity contribution in [3.63, 3.8) is 0 Å². The smallest absolute Gasteiger partial charge is 0.253 e. The second kappa shape index (κ2) is 7.90. The quantitative estimate of drug-likeness (QED) is 0.894. The van der Waals surface area contributed by atoms with E-state index in [4.69, 9.17) is 4.52 Å². The van der Waals surface area contributed by atoms with Gasteiger partial charge in [0.1, 0.15) is 6.04 Å². The van der Waals surface area contributed by atoms with E-state index in [1.54, 1.807) is 11.8 Å². The van der Waals surface area contributed by atoms with Crippen molar-refractivity contribution >= 4 is 11.8 Å². The molecular formula is C20H26N4O3. The summed E-state index contributed by atoms with van der Waals surface area (Å²) in [6.45, 7) is 8.61. The number of amides is 2. The number of carbonyl (C=O) groups excluding carboxylic acids is 2. The van der Waals surface area contributed by atoms with Gasteiger partial charge in [0, 0.05) is 18.7 Å². The van der Waals surface area contributed by atoms with Gasteiger partial charge in [-0.25, -0.2) is 0 Å². The van der Waals surface area contributed by atoms with E-state index in [-0.39, 0.29) is 23.8 Å². The monoisotopic (exact) mass is 370 g/mol. The van der Waals surface area contributed by atoms with Crippen molar-refractivity contribution in [1.82, 2.24) is 20.4 Å². The Bertz CT molecular complexity index is 825. The van der Waals surface area contributed by atoms with Gasteiger partial charge in [0.2, 0.25) is 11.8 Å². The van der Waals surface area contributed by atoms with Gasteiger partial charge in [0.15, 0.2) is 5.82 Å². The second-order valence-corrected chi connectivity index (χ2v) is 7.38. The van der Waals surface area contributed by atoms with Gasteiger partial charge in [-0.1, -0.05) is 22.3 Å². The number of aryl methyl sites for hydroxylation is 3. The zero-order valence-electron chi connectivity index (χ0n) is 16.3. The molecule has 1 fully saturated rings. The molecule has 0 unspecified atom stereocenters. The first-order valence-corrected chi connectivity index (χ1v) is 9.31. The van der Waals surface area contributed by atoms with Crippen molar-refractivity contribution in [3.05, 3.63) is 46.6 Å². The summed E-state index contributed by atoms with van der Waals surface area (Å²) in [6, 6.07) is 5.49. The summed E-state index contributed by atoms with van der Waals surface area (Å²) in [5.74, 6) is 0.588. The highest BCUT2D eigenvalue weighted by Gasteiger charge is 2.30. The summed E-state index contributed by atoms with van der Waals surface area (Å²) in [5, 5.41) is 6.67. The lowest BCUT2D eigenvalue weighted by molar-refractivity contribution is -0.127. The molecule has 1 aromatic heterocycles. The highest BCUT2D eigenvalue weighted by Crippen LogP contribution is 2.21. The minimum atomic E-state index is -0.357. The first kappa shape index (κ1) is 19.1. The molecule has 0 spiro atoms. The molecule has 1 aliphatic rings. The molecule has 0 radical (unpaired) electrons. The summed E-state index contributed by atoms with van der Waals surface area (Å²) < 4.78 is 5.11. The average Bonchev–Trinajstić information content (AvgIpc) is 3.07. The van der Waals surface area contributed by atoms with Gasteiger partial charge in [0.25, 0.3) is 5.91 Å². The third-order valence-electron chi connectivity index (χ3n) is 4.82. The van der Waals surface area contributed by atoms with Crippen LogP contribution in [0.15, 0.2) is 22.7 Å². The maximum atomic E-state index is 12.9. The molecule has 7 nitrogen and oxygen atoms in total. The maximum Gasteiger partial charge on any atom is 0.253 e. The Labute approximate surface area is 159 Å². The molecule has 2 atom stereocenters. The Kier molecular flexibility index (Phi) is 5.58. The minimum absolute atomic E-state index is 0.0140. The third-order valence-corrected chi connectivity index (χ3v) is 4.82. The van der Waals surface area contributed by atoms with Crippen LogP contribution in [0.1, 0.15) is 59.0 Å². The fourth-order valence-electron chi connectivity index (χ4n) is 3.54. The van der Waals surface area contributed by atoms with Crippen molar-refractivity contribution in [2.75, 3.05) is 13.1 Å². The van der Waals surface area contributed by atoms with Crippen LogP contribution in [0.3, 0.4) is 0 Å². The normalized spacial score (nSPS) is 18.2. The first-order valence-electron chi connectivity index (χ1n) is 9.31. The van der Waals surface area contributed by atoms with Gasteiger partial charge in [-0.3, -0.25) is 9.59 Å². The van der Waals surface area contributed by atoms with Crippen molar-refractivity contribution in [2.45, 2.75) is 46.6 Å². The van der Waals surface area contributed by atoms with Gasteiger partial charge >= 0.3 is 0 Å². The van der Waals surface area contributed by atoms with Gasteiger partial charge < -0.3 is 14.7 Å². The molecule has 2 amide bonds. The van der Waals surface area contributed by atoms with Crippen LogP contribution in [-0.4, -0.2) is 39.9 Å². The first-order chi connectivity index (χ1) is 12.8. The number of aromatic nitrogens is 2. The van der Waals surface area contributed by atoms with Gasteiger partial charge in [-0.15, -0.1) is 0 Å². The molecule has 144 valence electrons. The minimum Gasteiger partial charge on any atom is -0.344 e. The molecule has 2 aromatic rings. The largest absolute Gasteiger partial charge is 0.344 e. The van der Waals surface area contributed by atoms with Crippen LogP contribution in [0.2, 0.25) is 0 Å². The zero-order chi connectivity index (χ0) is 19.6. The van der Waals surface area contributed by atoms with Crippen molar-refractivity contribution in [3.8, 4) is 0 Å². The molecule has 1 saturated heterocycles. The predicted molar refractivity (Wildman–Crippen MR) is 100 cm³/mol. The lowest BCUT2D eigenvalue weighted by atomic mass is 9.95. The second-order valence-electron chi connectivity index (χ2n) is 7.38. The molecule has 0 aliphatic carbocycles. The van der Waals surface area contributed by atoms with Crippen LogP contribution in [0.4, 0.5) is 0 Å². The van der Waals surface area contributed by atoms with Crippen molar-refractivity contribution in [1.29, 1.82) is 0 Å². The number of rotatable bonds is 4. The lowest BCUT2D eigenvalue weighted by Crippen LogP contribution is -2.46.